The highest BCUT2D eigenvalue weighted by Gasteiger charge is 2.14. The summed E-state index contributed by atoms with van der Waals surface area (Å²) >= 11 is 5.89. The number of halogens is 2. The van der Waals surface area contributed by atoms with Crippen molar-refractivity contribution in [2.75, 3.05) is 0 Å². The minimum absolute atomic E-state index is 0.114. The molecule has 4 heteroatoms. The zero-order valence-electron chi connectivity index (χ0n) is 8.98. The number of nitrogens with zero attached hydrogens (tertiary/aromatic N) is 1. The van der Waals surface area contributed by atoms with Gasteiger partial charge in [0.1, 0.15) is 11.9 Å². The van der Waals surface area contributed by atoms with E-state index in [-0.39, 0.29) is 6.42 Å². The molecule has 0 bridgehead atoms. The van der Waals surface area contributed by atoms with Crippen LogP contribution in [0.15, 0.2) is 42.6 Å². The Labute approximate surface area is 104 Å². The van der Waals surface area contributed by atoms with Crippen LogP contribution in [0.1, 0.15) is 17.4 Å². The topological polar surface area (TPSA) is 33.1 Å². The number of hydrogen-bond donors (Lipinski definition) is 1. The van der Waals surface area contributed by atoms with Crippen molar-refractivity contribution >= 4 is 11.6 Å². The molecule has 2 rings (SSSR count). The van der Waals surface area contributed by atoms with Crippen molar-refractivity contribution in [3.05, 3.63) is 64.7 Å². The van der Waals surface area contributed by atoms with E-state index in [1.807, 2.05) is 0 Å². The van der Waals surface area contributed by atoms with E-state index in [0.29, 0.717) is 16.3 Å². The summed E-state index contributed by atoms with van der Waals surface area (Å²) in [6.45, 7) is 0. The number of rotatable bonds is 3. The predicted molar refractivity (Wildman–Crippen MR) is 64.3 cm³/mol. The molecule has 1 unspecified atom stereocenters. The number of aliphatic hydroxyl groups is 1. The van der Waals surface area contributed by atoms with Crippen LogP contribution in [0, 0.1) is 5.82 Å². The van der Waals surface area contributed by atoms with Crippen LogP contribution in [0.3, 0.4) is 0 Å². The van der Waals surface area contributed by atoms with E-state index in [1.54, 1.807) is 30.5 Å². The molecule has 88 valence electrons. The summed E-state index contributed by atoms with van der Waals surface area (Å²) in [4.78, 5) is 4.02. The maximum absolute atomic E-state index is 13.5. The van der Waals surface area contributed by atoms with E-state index in [4.69, 9.17) is 11.6 Å². The van der Waals surface area contributed by atoms with Crippen LogP contribution in [0.2, 0.25) is 5.02 Å². The summed E-state index contributed by atoms with van der Waals surface area (Å²) < 4.78 is 13.5. The monoisotopic (exact) mass is 251 g/mol. The summed E-state index contributed by atoms with van der Waals surface area (Å²) in [6, 6.07) is 9.69. The summed E-state index contributed by atoms with van der Waals surface area (Å²) in [6.07, 6.45) is 0.843. The minimum atomic E-state index is -0.856. The van der Waals surface area contributed by atoms with Crippen molar-refractivity contribution < 1.29 is 9.50 Å². The van der Waals surface area contributed by atoms with Gasteiger partial charge >= 0.3 is 0 Å². The first-order chi connectivity index (χ1) is 8.18. The molecular formula is C13H11ClFNO. The third-order valence-corrected chi connectivity index (χ3v) is 2.84. The molecule has 0 aliphatic rings. The molecule has 0 aliphatic heterocycles. The van der Waals surface area contributed by atoms with Crippen molar-refractivity contribution in [3.63, 3.8) is 0 Å². The molecule has 1 heterocycles. The van der Waals surface area contributed by atoms with Crippen molar-refractivity contribution in [2.45, 2.75) is 12.5 Å². The largest absolute Gasteiger partial charge is 0.386 e. The standard InChI is InChI=1S/C13H11ClFNO/c14-10-4-3-5-11(15)9(10)8-13(17)12-6-1-2-7-16-12/h1-7,13,17H,8H2. The zero-order valence-corrected chi connectivity index (χ0v) is 9.73. The quantitative estimate of drug-likeness (QED) is 0.909. The van der Waals surface area contributed by atoms with Crippen LogP contribution in [-0.2, 0) is 6.42 Å². The van der Waals surface area contributed by atoms with Gasteiger partial charge in [-0.1, -0.05) is 23.7 Å². The lowest BCUT2D eigenvalue weighted by Crippen LogP contribution is -2.05. The lowest BCUT2D eigenvalue weighted by molar-refractivity contribution is 0.172. The molecule has 1 atom stereocenters. The van der Waals surface area contributed by atoms with Gasteiger partial charge in [0.25, 0.3) is 0 Å². The fraction of sp³-hybridized carbons (Fsp3) is 0.154. The number of aliphatic hydroxyl groups excluding tert-OH is 1. The average Bonchev–Trinajstić information content (AvgIpc) is 2.35. The van der Waals surface area contributed by atoms with Crippen molar-refractivity contribution in [1.29, 1.82) is 0 Å². The van der Waals surface area contributed by atoms with Gasteiger partial charge in [-0.15, -0.1) is 0 Å². The Morgan fingerprint density at radius 1 is 1.24 bits per heavy atom. The van der Waals surface area contributed by atoms with Gasteiger partial charge in [-0.05, 0) is 24.3 Å². The Balaban J connectivity index is 2.22. The summed E-state index contributed by atoms with van der Waals surface area (Å²) in [5.41, 5.74) is 0.819. The molecule has 1 N–H and O–H groups in total. The summed E-state index contributed by atoms with van der Waals surface area (Å²) in [5.74, 6) is -0.410. The van der Waals surface area contributed by atoms with Gasteiger partial charge in [0.15, 0.2) is 0 Å². The van der Waals surface area contributed by atoms with Gasteiger partial charge < -0.3 is 5.11 Å². The first kappa shape index (κ1) is 12.0. The second kappa shape index (κ2) is 5.25. The number of hydrogen-bond acceptors (Lipinski definition) is 2. The zero-order chi connectivity index (χ0) is 12.3. The third kappa shape index (κ3) is 2.81. The van der Waals surface area contributed by atoms with Gasteiger partial charge in [0.2, 0.25) is 0 Å². The van der Waals surface area contributed by atoms with E-state index in [1.165, 1.54) is 12.1 Å². The molecule has 2 aromatic rings. The predicted octanol–water partition coefficient (Wildman–Crippen LogP) is 3.15. The highest BCUT2D eigenvalue weighted by Crippen LogP contribution is 2.24. The number of aromatic nitrogens is 1. The van der Waals surface area contributed by atoms with E-state index in [9.17, 15) is 9.50 Å². The molecule has 0 fully saturated rings. The van der Waals surface area contributed by atoms with Crippen LogP contribution < -0.4 is 0 Å². The Kier molecular flexibility index (Phi) is 3.71. The van der Waals surface area contributed by atoms with E-state index in [0.717, 1.165) is 0 Å². The fourth-order valence-electron chi connectivity index (χ4n) is 1.60. The van der Waals surface area contributed by atoms with Crippen LogP contribution in [-0.4, -0.2) is 10.1 Å². The third-order valence-electron chi connectivity index (χ3n) is 2.49. The molecule has 0 radical (unpaired) electrons. The number of pyridine rings is 1. The molecule has 17 heavy (non-hydrogen) atoms. The Morgan fingerprint density at radius 3 is 2.71 bits per heavy atom. The number of benzene rings is 1. The van der Waals surface area contributed by atoms with Crippen LogP contribution in [0.25, 0.3) is 0 Å². The van der Waals surface area contributed by atoms with E-state index < -0.39 is 11.9 Å². The van der Waals surface area contributed by atoms with Crippen molar-refractivity contribution in [1.82, 2.24) is 4.98 Å². The smallest absolute Gasteiger partial charge is 0.127 e. The van der Waals surface area contributed by atoms with Crippen LogP contribution >= 0.6 is 11.6 Å². The normalized spacial score (nSPS) is 12.4. The molecule has 0 saturated heterocycles. The van der Waals surface area contributed by atoms with Gasteiger partial charge in [-0.2, -0.15) is 0 Å². The molecule has 2 nitrogen and oxygen atoms in total. The lowest BCUT2D eigenvalue weighted by Gasteiger charge is -2.11. The Morgan fingerprint density at radius 2 is 2.06 bits per heavy atom. The lowest BCUT2D eigenvalue weighted by atomic mass is 10.0. The molecule has 0 spiro atoms. The van der Waals surface area contributed by atoms with Gasteiger partial charge in [0, 0.05) is 23.2 Å². The molecular weight excluding hydrogens is 241 g/mol. The highest BCUT2D eigenvalue weighted by molar-refractivity contribution is 6.31. The second-order valence-corrected chi connectivity index (χ2v) is 4.08. The van der Waals surface area contributed by atoms with Gasteiger partial charge in [-0.3, -0.25) is 4.98 Å². The van der Waals surface area contributed by atoms with Gasteiger partial charge in [-0.25, -0.2) is 4.39 Å². The Hall–Kier alpha value is -1.45. The Bertz CT molecular complexity index is 484. The molecule has 0 aliphatic carbocycles. The first-order valence-corrected chi connectivity index (χ1v) is 5.58. The summed E-state index contributed by atoms with van der Waals surface area (Å²) in [7, 11) is 0. The fourth-order valence-corrected chi connectivity index (χ4v) is 1.84. The van der Waals surface area contributed by atoms with Crippen molar-refractivity contribution in [3.8, 4) is 0 Å². The SMILES string of the molecule is OC(Cc1c(F)cccc1Cl)c1ccccn1. The van der Waals surface area contributed by atoms with Crippen molar-refractivity contribution in [2.24, 2.45) is 0 Å². The first-order valence-electron chi connectivity index (χ1n) is 5.20. The molecule has 0 saturated carbocycles. The van der Waals surface area contributed by atoms with Crippen LogP contribution in [0.5, 0.6) is 0 Å². The highest BCUT2D eigenvalue weighted by atomic mass is 35.5. The molecule has 1 aromatic carbocycles. The van der Waals surface area contributed by atoms with E-state index in [2.05, 4.69) is 4.98 Å². The summed E-state index contributed by atoms with van der Waals surface area (Å²) in [5, 5.41) is 10.3. The maximum Gasteiger partial charge on any atom is 0.127 e. The minimum Gasteiger partial charge on any atom is -0.386 e. The van der Waals surface area contributed by atoms with Crippen LogP contribution in [0.4, 0.5) is 4.39 Å². The molecule has 1 aromatic heterocycles. The average molecular weight is 252 g/mol. The maximum atomic E-state index is 13.5. The van der Waals surface area contributed by atoms with E-state index >= 15 is 0 Å². The second-order valence-electron chi connectivity index (χ2n) is 3.67. The van der Waals surface area contributed by atoms with Gasteiger partial charge in [0.05, 0.1) is 5.69 Å². The molecule has 0 amide bonds.